The minimum Gasteiger partial charge on any atom is -0.330 e. The summed E-state index contributed by atoms with van der Waals surface area (Å²) in [6.07, 6.45) is 5.39. The van der Waals surface area contributed by atoms with Gasteiger partial charge in [0.25, 0.3) is 10.2 Å². The van der Waals surface area contributed by atoms with Crippen LogP contribution in [0.3, 0.4) is 0 Å². The molecule has 0 aliphatic heterocycles. The Morgan fingerprint density at radius 3 is 2.42 bits per heavy atom. The molecule has 0 spiro atoms. The van der Waals surface area contributed by atoms with Crippen LogP contribution in [0.25, 0.3) is 0 Å². The van der Waals surface area contributed by atoms with Crippen LogP contribution in [-0.4, -0.2) is 29.4 Å². The fraction of sp³-hybridized carbons (Fsp3) is 1.00. The molecular weight excluding hydrogens is 342 g/mol. The zero-order valence-corrected chi connectivity index (χ0v) is 15.9. The summed E-state index contributed by atoms with van der Waals surface area (Å²) in [5.41, 5.74) is 5.93. The summed E-state index contributed by atoms with van der Waals surface area (Å²) in [7, 11) is 0. The Hall–Kier alpha value is -1.64. The third-order valence-corrected chi connectivity index (χ3v) is 6.09. The van der Waals surface area contributed by atoms with Gasteiger partial charge in [-0.05, 0) is 73.7 Å². The highest BCUT2D eigenvalue weighted by molar-refractivity contribution is 5.05. The third-order valence-electron chi connectivity index (χ3n) is 6.09. The average Bonchev–Trinajstić information content (AvgIpc) is 2.40. The summed E-state index contributed by atoms with van der Waals surface area (Å²) in [5, 5.41) is 19.6. The topological polar surface area (TPSA) is 131 Å². The van der Waals surface area contributed by atoms with Crippen LogP contribution in [0.1, 0.15) is 65.7 Å². The van der Waals surface area contributed by atoms with Gasteiger partial charge >= 0.3 is 0 Å². The minimum absolute atomic E-state index is 0.0744. The lowest BCUT2D eigenvalue weighted by molar-refractivity contribution is -0.790. The van der Waals surface area contributed by atoms with E-state index in [4.69, 9.17) is 10.6 Å². The molecule has 0 saturated heterocycles. The van der Waals surface area contributed by atoms with Gasteiger partial charge in [-0.1, -0.05) is 20.8 Å². The van der Waals surface area contributed by atoms with Gasteiger partial charge in [0, 0.05) is 0 Å². The molecule has 2 aliphatic rings. The minimum atomic E-state index is -0.940. The number of hydrogen-bond acceptors (Lipinski definition) is 7. The molecule has 0 aromatic heterocycles. The maximum atomic E-state index is 10.9. The third kappa shape index (κ3) is 5.18. The monoisotopic (exact) mass is 373 g/mol. The molecule has 5 atom stereocenters. The predicted octanol–water partition coefficient (Wildman–Crippen LogP) is 3.12. The molecule has 0 radical (unpaired) electrons. The van der Waals surface area contributed by atoms with Crippen molar-refractivity contribution in [2.45, 2.75) is 71.8 Å². The van der Waals surface area contributed by atoms with E-state index in [0.29, 0.717) is 18.9 Å². The van der Waals surface area contributed by atoms with Crippen LogP contribution >= 0.6 is 0 Å². The first-order valence-corrected chi connectivity index (χ1v) is 9.27. The quantitative estimate of drug-likeness (QED) is 0.485. The SMILES string of the molecule is CC1CC2(C)CC(C)(CCN)CC(CC(CO[N+](=O)[O-])O[N+](=O)[O-])(C1)C2. The molecule has 2 fully saturated rings. The summed E-state index contributed by atoms with van der Waals surface area (Å²) in [6, 6.07) is 0. The zero-order chi connectivity index (χ0) is 19.6. The Labute approximate surface area is 153 Å². The first kappa shape index (κ1) is 20.7. The molecule has 5 unspecified atom stereocenters. The van der Waals surface area contributed by atoms with E-state index in [9.17, 15) is 20.2 Å². The average molecular weight is 373 g/mol. The largest absolute Gasteiger partial charge is 0.330 e. The summed E-state index contributed by atoms with van der Waals surface area (Å²) in [4.78, 5) is 30.6. The van der Waals surface area contributed by atoms with Crippen molar-refractivity contribution in [1.82, 2.24) is 0 Å². The standard InChI is InChI=1S/C17H31N3O6/c1-13-6-16(3)10-15(2,4-5-18)11-17(7-13,12-16)8-14(26-20(23)24)9-25-19(21)22/h13-14H,4-12,18H2,1-3H3. The van der Waals surface area contributed by atoms with E-state index < -0.39 is 22.9 Å². The van der Waals surface area contributed by atoms with Crippen molar-refractivity contribution in [3.63, 3.8) is 0 Å². The van der Waals surface area contributed by atoms with E-state index in [1.807, 2.05) is 0 Å². The van der Waals surface area contributed by atoms with Crippen molar-refractivity contribution in [3.8, 4) is 0 Å². The van der Waals surface area contributed by atoms with E-state index in [1.165, 1.54) is 0 Å². The van der Waals surface area contributed by atoms with Crippen molar-refractivity contribution in [2.75, 3.05) is 13.2 Å². The Morgan fingerprint density at radius 1 is 1.15 bits per heavy atom. The highest BCUT2D eigenvalue weighted by Crippen LogP contribution is 2.64. The van der Waals surface area contributed by atoms with Crippen LogP contribution in [-0.2, 0) is 9.68 Å². The molecule has 0 aromatic carbocycles. The smallest absolute Gasteiger partial charge is 0.294 e. The first-order valence-electron chi connectivity index (χ1n) is 9.27. The van der Waals surface area contributed by atoms with Crippen molar-refractivity contribution < 1.29 is 19.8 Å². The molecule has 9 nitrogen and oxygen atoms in total. The van der Waals surface area contributed by atoms with Crippen molar-refractivity contribution in [3.05, 3.63) is 20.2 Å². The van der Waals surface area contributed by atoms with Gasteiger partial charge in [-0.3, -0.25) is 0 Å². The summed E-state index contributed by atoms with van der Waals surface area (Å²) in [6.45, 7) is 6.95. The lowest BCUT2D eigenvalue weighted by Gasteiger charge is -2.60. The fourth-order valence-electron chi connectivity index (χ4n) is 6.60. The molecule has 0 heterocycles. The molecule has 0 amide bonds. The van der Waals surface area contributed by atoms with Gasteiger partial charge in [0.05, 0.1) is 0 Å². The van der Waals surface area contributed by atoms with Crippen LogP contribution in [0, 0.1) is 42.4 Å². The molecular formula is C17H31N3O6. The second kappa shape index (κ2) is 7.54. The van der Waals surface area contributed by atoms with E-state index in [0.717, 1.165) is 38.5 Å². The Kier molecular flexibility index (Phi) is 5.99. The lowest BCUT2D eigenvalue weighted by atomic mass is 9.45. The molecule has 2 saturated carbocycles. The van der Waals surface area contributed by atoms with Gasteiger partial charge in [0.15, 0.2) is 0 Å². The van der Waals surface area contributed by atoms with Gasteiger partial charge in [-0.2, -0.15) is 0 Å². The van der Waals surface area contributed by atoms with E-state index in [1.54, 1.807) is 0 Å². The second-order valence-corrected chi connectivity index (χ2v) is 9.38. The summed E-state index contributed by atoms with van der Waals surface area (Å²) in [5.74, 6) is 0.504. The van der Waals surface area contributed by atoms with Gasteiger partial charge < -0.3 is 15.4 Å². The number of nitrogens with two attached hydrogens (primary N) is 1. The lowest BCUT2D eigenvalue weighted by Crippen LogP contribution is -2.51. The van der Waals surface area contributed by atoms with Crippen molar-refractivity contribution in [2.24, 2.45) is 27.9 Å². The molecule has 2 rings (SSSR count). The van der Waals surface area contributed by atoms with E-state index in [-0.39, 0.29) is 16.2 Å². The van der Waals surface area contributed by atoms with Gasteiger partial charge in [-0.15, -0.1) is 20.2 Å². The second-order valence-electron chi connectivity index (χ2n) is 9.38. The molecule has 9 heteroatoms. The fourth-order valence-corrected chi connectivity index (χ4v) is 6.60. The number of rotatable bonds is 9. The molecule has 26 heavy (non-hydrogen) atoms. The number of nitrogens with zero attached hydrogens (tertiary/aromatic N) is 2. The van der Waals surface area contributed by atoms with Crippen LogP contribution in [0.2, 0.25) is 0 Å². The van der Waals surface area contributed by atoms with Gasteiger partial charge in [0.2, 0.25) is 0 Å². The maximum absolute atomic E-state index is 10.9. The number of fused-ring (bicyclic) bond motifs is 2. The molecule has 0 aromatic rings. The van der Waals surface area contributed by atoms with Crippen LogP contribution in [0.5, 0.6) is 0 Å². The Bertz CT molecular complexity index is 545. The Balaban J connectivity index is 2.25. The molecule has 150 valence electrons. The zero-order valence-electron chi connectivity index (χ0n) is 15.9. The first-order chi connectivity index (χ1) is 12.0. The van der Waals surface area contributed by atoms with Crippen LogP contribution < -0.4 is 5.73 Å². The highest BCUT2D eigenvalue weighted by atomic mass is 17.0. The molecule has 2 N–H and O–H groups in total. The van der Waals surface area contributed by atoms with Crippen molar-refractivity contribution in [1.29, 1.82) is 0 Å². The van der Waals surface area contributed by atoms with Crippen LogP contribution in [0.4, 0.5) is 0 Å². The Morgan fingerprint density at radius 2 is 1.85 bits per heavy atom. The van der Waals surface area contributed by atoms with Gasteiger partial charge in [-0.25, -0.2) is 0 Å². The summed E-state index contributed by atoms with van der Waals surface area (Å²) >= 11 is 0. The van der Waals surface area contributed by atoms with Crippen LogP contribution in [0.15, 0.2) is 0 Å². The number of hydrogen-bond donors (Lipinski definition) is 1. The molecule has 2 aliphatic carbocycles. The molecule has 2 bridgehead atoms. The van der Waals surface area contributed by atoms with Crippen molar-refractivity contribution >= 4 is 0 Å². The maximum Gasteiger partial charge on any atom is 0.294 e. The highest BCUT2D eigenvalue weighted by Gasteiger charge is 2.54. The van der Waals surface area contributed by atoms with E-state index in [2.05, 4.69) is 25.6 Å². The normalized spacial score (nSPS) is 37.6. The van der Waals surface area contributed by atoms with Gasteiger partial charge in [0.1, 0.15) is 12.7 Å². The van der Waals surface area contributed by atoms with E-state index >= 15 is 0 Å². The summed E-state index contributed by atoms with van der Waals surface area (Å²) < 4.78 is 0. The predicted molar refractivity (Wildman–Crippen MR) is 94.0 cm³/mol.